The predicted molar refractivity (Wildman–Crippen MR) is 40.8 cm³/mol. The second-order valence-electron chi connectivity index (χ2n) is 2.94. The van der Waals surface area contributed by atoms with E-state index in [0.717, 1.165) is 0 Å². The normalized spacial score (nSPS) is 42.2. The zero-order valence-electron chi connectivity index (χ0n) is 7.20. The van der Waals surface area contributed by atoms with Crippen LogP contribution in [0.5, 0.6) is 0 Å². The Balaban J connectivity index is 2.60. The summed E-state index contributed by atoms with van der Waals surface area (Å²) in [6.07, 6.45) is -5.63. The van der Waals surface area contributed by atoms with Gasteiger partial charge in [0, 0.05) is 7.11 Å². The molecule has 1 saturated heterocycles. The summed E-state index contributed by atoms with van der Waals surface area (Å²) < 4.78 is 9.65. The summed E-state index contributed by atoms with van der Waals surface area (Å²) in [4.78, 5) is 0. The lowest BCUT2D eigenvalue weighted by Gasteiger charge is -2.18. The monoisotopic (exact) mass is 194 g/mol. The van der Waals surface area contributed by atoms with Gasteiger partial charge in [-0.25, -0.2) is 0 Å². The van der Waals surface area contributed by atoms with E-state index in [0.29, 0.717) is 0 Å². The lowest BCUT2D eigenvalue weighted by Crippen LogP contribution is -2.40. The minimum Gasteiger partial charge on any atom is -0.394 e. The highest BCUT2D eigenvalue weighted by Crippen LogP contribution is 2.23. The van der Waals surface area contributed by atoms with Crippen molar-refractivity contribution in [3.05, 3.63) is 0 Å². The van der Waals surface area contributed by atoms with Crippen molar-refractivity contribution in [3.63, 3.8) is 0 Å². The van der Waals surface area contributed by atoms with E-state index in [1.165, 1.54) is 7.11 Å². The fourth-order valence-corrected chi connectivity index (χ4v) is 1.29. The van der Waals surface area contributed by atoms with E-state index < -0.39 is 37.3 Å². The molecule has 78 valence electrons. The molecule has 1 unspecified atom stereocenters. The summed E-state index contributed by atoms with van der Waals surface area (Å²) in [5.74, 6) is 0. The molecule has 13 heavy (non-hydrogen) atoms. The van der Waals surface area contributed by atoms with Crippen LogP contribution in [0.4, 0.5) is 0 Å². The first-order chi connectivity index (χ1) is 6.11. The van der Waals surface area contributed by atoms with Crippen molar-refractivity contribution < 1.29 is 29.9 Å². The molecule has 0 bridgehead atoms. The number of aliphatic hydroxyl groups is 4. The van der Waals surface area contributed by atoms with Crippen molar-refractivity contribution in [2.24, 2.45) is 0 Å². The van der Waals surface area contributed by atoms with Gasteiger partial charge >= 0.3 is 0 Å². The Labute approximate surface area is 75.3 Å². The lowest BCUT2D eigenvalue weighted by atomic mass is 10.1. The first-order valence-corrected chi connectivity index (χ1v) is 3.95. The van der Waals surface area contributed by atoms with Crippen molar-refractivity contribution in [1.29, 1.82) is 0 Å². The van der Waals surface area contributed by atoms with E-state index in [4.69, 9.17) is 19.7 Å². The lowest BCUT2D eigenvalue weighted by molar-refractivity contribution is -0.166. The van der Waals surface area contributed by atoms with Gasteiger partial charge in [0.1, 0.15) is 24.4 Å². The van der Waals surface area contributed by atoms with Crippen LogP contribution >= 0.6 is 0 Å². The Morgan fingerprint density at radius 3 is 2.38 bits per heavy atom. The molecule has 0 aromatic heterocycles. The van der Waals surface area contributed by atoms with Crippen LogP contribution in [0.2, 0.25) is 0 Å². The molecule has 0 aromatic rings. The number of hydrogen-bond donors (Lipinski definition) is 4. The van der Waals surface area contributed by atoms with Gasteiger partial charge in [0.25, 0.3) is 0 Å². The van der Waals surface area contributed by atoms with Crippen LogP contribution in [0.3, 0.4) is 0 Å². The van der Waals surface area contributed by atoms with E-state index >= 15 is 0 Å². The van der Waals surface area contributed by atoms with Crippen LogP contribution in [0.1, 0.15) is 0 Å². The summed E-state index contributed by atoms with van der Waals surface area (Å²) >= 11 is 0. The quantitative estimate of drug-likeness (QED) is 0.394. The highest BCUT2D eigenvalue weighted by atomic mass is 16.7. The van der Waals surface area contributed by atoms with Gasteiger partial charge in [0.05, 0.1) is 6.61 Å². The molecule has 0 saturated carbocycles. The summed E-state index contributed by atoms with van der Waals surface area (Å²) in [5, 5.41) is 36.4. The standard InChI is InChI=1S/C7H14O6/c1-12-7-5(11)4(10)6(13-7)3(9)2-8/h3-11H,2H2,1H3/t3-,4-,5-,6-,7?/m1/s1. The minimum atomic E-state index is -1.24. The van der Waals surface area contributed by atoms with Crippen molar-refractivity contribution in [1.82, 2.24) is 0 Å². The molecule has 1 heterocycles. The first-order valence-electron chi connectivity index (χ1n) is 3.95. The van der Waals surface area contributed by atoms with E-state index in [2.05, 4.69) is 0 Å². The molecule has 6 heteroatoms. The molecule has 5 atom stereocenters. The number of rotatable bonds is 3. The van der Waals surface area contributed by atoms with Crippen LogP contribution in [-0.4, -0.2) is 64.8 Å². The fraction of sp³-hybridized carbons (Fsp3) is 1.00. The smallest absolute Gasteiger partial charge is 0.186 e. The van der Waals surface area contributed by atoms with Crippen LogP contribution in [0.15, 0.2) is 0 Å². The molecule has 0 spiro atoms. The summed E-state index contributed by atoms with van der Waals surface area (Å²) in [6, 6.07) is 0. The molecule has 6 nitrogen and oxygen atoms in total. The maximum atomic E-state index is 9.33. The van der Waals surface area contributed by atoms with Gasteiger partial charge in [-0.3, -0.25) is 0 Å². The van der Waals surface area contributed by atoms with E-state index in [9.17, 15) is 10.2 Å². The maximum Gasteiger partial charge on any atom is 0.186 e. The molecule has 1 aliphatic rings. The van der Waals surface area contributed by atoms with E-state index in [1.807, 2.05) is 0 Å². The Morgan fingerprint density at radius 2 is 2.00 bits per heavy atom. The summed E-state index contributed by atoms with van der Waals surface area (Å²) in [7, 11) is 1.31. The first kappa shape index (κ1) is 10.8. The average Bonchev–Trinajstić information content (AvgIpc) is 2.43. The molecule has 0 radical (unpaired) electrons. The number of ether oxygens (including phenoxy) is 2. The third kappa shape index (κ3) is 1.98. The third-order valence-corrected chi connectivity index (χ3v) is 2.06. The highest BCUT2D eigenvalue weighted by Gasteiger charge is 2.45. The zero-order valence-corrected chi connectivity index (χ0v) is 7.20. The van der Waals surface area contributed by atoms with Crippen molar-refractivity contribution in [3.8, 4) is 0 Å². The Bertz CT molecular complexity index is 163. The molecule has 1 fully saturated rings. The van der Waals surface area contributed by atoms with Crippen molar-refractivity contribution >= 4 is 0 Å². The molecule has 0 aliphatic carbocycles. The van der Waals surface area contributed by atoms with E-state index in [-0.39, 0.29) is 0 Å². The number of methoxy groups -OCH3 is 1. The molecule has 0 amide bonds. The van der Waals surface area contributed by atoms with Gasteiger partial charge in [0.15, 0.2) is 6.29 Å². The van der Waals surface area contributed by atoms with Gasteiger partial charge in [-0.05, 0) is 0 Å². The zero-order chi connectivity index (χ0) is 10.0. The van der Waals surface area contributed by atoms with E-state index in [1.54, 1.807) is 0 Å². The van der Waals surface area contributed by atoms with Gasteiger partial charge in [-0.1, -0.05) is 0 Å². The minimum absolute atomic E-state index is 0.537. The van der Waals surface area contributed by atoms with Crippen LogP contribution in [0.25, 0.3) is 0 Å². The average molecular weight is 194 g/mol. The van der Waals surface area contributed by atoms with Crippen LogP contribution < -0.4 is 0 Å². The molecule has 1 rings (SSSR count). The SMILES string of the molecule is COC1O[C@H]([C@H](O)CO)[C@H](O)[C@H]1O. The second kappa shape index (κ2) is 4.32. The van der Waals surface area contributed by atoms with Gasteiger partial charge < -0.3 is 29.9 Å². The highest BCUT2D eigenvalue weighted by molar-refractivity contribution is 4.90. The molecular weight excluding hydrogens is 180 g/mol. The van der Waals surface area contributed by atoms with Gasteiger partial charge in [-0.15, -0.1) is 0 Å². The van der Waals surface area contributed by atoms with Gasteiger partial charge in [-0.2, -0.15) is 0 Å². The predicted octanol–water partition coefficient (Wildman–Crippen LogP) is -2.57. The number of aliphatic hydroxyl groups excluding tert-OH is 4. The molecule has 1 aliphatic heterocycles. The van der Waals surface area contributed by atoms with Gasteiger partial charge in [0.2, 0.25) is 0 Å². The topological polar surface area (TPSA) is 99.4 Å². The Morgan fingerprint density at radius 1 is 1.38 bits per heavy atom. The largest absolute Gasteiger partial charge is 0.394 e. The van der Waals surface area contributed by atoms with Crippen LogP contribution in [-0.2, 0) is 9.47 Å². The maximum absolute atomic E-state index is 9.33. The summed E-state index contributed by atoms with van der Waals surface area (Å²) in [5.41, 5.74) is 0. The third-order valence-electron chi connectivity index (χ3n) is 2.06. The van der Waals surface area contributed by atoms with Crippen molar-refractivity contribution in [2.45, 2.75) is 30.7 Å². The Kier molecular flexibility index (Phi) is 3.60. The summed E-state index contributed by atoms with van der Waals surface area (Å²) in [6.45, 7) is -0.537. The molecule has 0 aromatic carbocycles. The fourth-order valence-electron chi connectivity index (χ4n) is 1.29. The molecule has 4 N–H and O–H groups in total. The molecular formula is C7H14O6. The van der Waals surface area contributed by atoms with Crippen LogP contribution in [0, 0.1) is 0 Å². The number of hydrogen-bond acceptors (Lipinski definition) is 6. The van der Waals surface area contributed by atoms with Crippen molar-refractivity contribution in [2.75, 3.05) is 13.7 Å². The second-order valence-corrected chi connectivity index (χ2v) is 2.94. The Hall–Kier alpha value is -0.240.